The molecule has 1 fully saturated rings. The number of primary amides is 1. The van der Waals surface area contributed by atoms with E-state index >= 15 is 0 Å². The number of carbonyl (C=O) groups is 2. The molecule has 1 heterocycles. The normalized spacial score (nSPS) is 18.6. The van der Waals surface area contributed by atoms with Crippen molar-refractivity contribution in [1.82, 2.24) is 10.2 Å². The number of piperazine rings is 1. The number of hydrogen-bond donors (Lipinski definition) is 2. The van der Waals surface area contributed by atoms with Gasteiger partial charge < -0.3 is 20.7 Å². The Morgan fingerprint density at radius 1 is 1.35 bits per heavy atom. The summed E-state index contributed by atoms with van der Waals surface area (Å²) in [5, 5.41) is 3.06. The Kier molecular flexibility index (Phi) is 4.95. The number of nitrogens with zero attached hydrogens (tertiary/aromatic N) is 1. The third kappa shape index (κ3) is 3.71. The average Bonchev–Trinajstić information content (AvgIpc) is 2.48. The topological polar surface area (TPSA) is 84.7 Å². The summed E-state index contributed by atoms with van der Waals surface area (Å²) < 4.78 is 5.48. The smallest absolute Gasteiger partial charge is 0.241 e. The molecule has 2 amide bonds. The number of para-hydroxylation sites is 1. The SMILES string of the molecule is NC(=O)C1CNCCN1C(=O)CCOc1ccccc1. The van der Waals surface area contributed by atoms with Gasteiger partial charge in [0.05, 0.1) is 13.0 Å². The summed E-state index contributed by atoms with van der Waals surface area (Å²) in [6.45, 7) is 1.88. The Hall–Kier alpha value is -2.08. The molecule has 0 aliphatic carbocycles. The van der Waals surface area contributed by atoms with Gasteiger partial charge in [0.1, 0.15) is 11.8 Å². The lowest BCUT2D eigenvalue weighted by atomic mass is 10.1. The van der Waals surface area contributed by atoms with Crippen molar-refractivity contribution in [3.8, 4) is 5.75 Å². The van der Waals surface area contributed by atoms with Crippen molar-refractivity contribution >= 4 is 11.8 Å². The molecule has 1 aromatic rings. The maximum atomic E-state index is 12.1. The minimum Gasteiger partial charge on any atom is -0.493 e. The van der Waals surface area contributed by atoms with Crippen LogP contribution in [0.4, 0.5) is 0 Å². The molecule has 1 atom stereocenters. The Labute approximate surface area is 117 Å². The fourth-order valence-electron chi connectivity index (χ4n) is 2.17. The molecule has 1 aromatic carbocycles. The zero-order chi connectivity index (χ0) is 14.4. The standard InChI is InChI=1S/C14H19N3O3/c15-14(19)12-10-16-7-8-17(12)13(18)6-9-20-11-4-2-1-3-5-11/h1-5,12,16H,6-10H2,(H2,15,19). The van der Waals surface area contributed by atoms with Crippen LogP contribution in [0, 0.1) is 0 Å². The van der Waals surface area contributed by atoms with E-state index in [9.17, 15) is 9.59 Å². The van der Waals surface area contributed by atoms with E-state index in [0.717, 1.165) is 5.75 Å². The number of nitrogens with one attached hydrogen (secondary N) is 1. The molecule has 2 rings (SSSR count). The van der Waals surface area contributed by atoms with E-state index in [-0.39, 0.29) is 18.9 Å². The number of amides is 2. The van der Waals surface area contributed by atoms with Crippen LogP contribution in [0.2, 0.25) is 0 Å². The van der Waals surface area contributed by atoms with Crippen LogP contribution in [0.3, 0.4) is 0 Å². The van der Waals surface area contributed by atoms with Gasteiger partial charge in [-0.2, -0.15) is 0 Å². The van der Waals surface area contributed by atoms with Gasteiger partial charge in [-0.15, -0.1) is 0 Å². The number of nitrogens with two attached hydrogens (primary N) is 1. The van der Waals surface area contributed by atoms with Crippen LogP contribution in [-0.2, 0) is 9.59 Å². The summed E-state index contributed by atoms with van der Waals surface area (Å²) in [5.74, 6) is 0.146. The molecule has 1 aliphatic heterocycles. The van der Waals surface area contributed by atoms with Gasteiger partial charge in [-0.05, 0) is 12.1 Å². The lowest BCUT2D eigenvalue weighted by Crippen LogP contribution is -2.58. The van der Waals surface area contributed by atoms with E-state index in [1.165, 1.54) is 4.90 Å². The number of benzene rings is 1. The van der Waals surface area contributed by atoms with Crippen molar-refractivity contribution in [2.45, 2.75) is 12.5 Å². The van der Waals surface area contributed by atoms with Crippen LogP contribution in [0.15, 0.2) is 30.3 Å². The lowest BCUT2D eigenvalue weighted by Gasteiger charge is -2.34. The molecule has 0 saturated carbocycles. The first-order chi connectivity index (χ1) is 9.68. The monoisotopic (exact) mass is 277 g/mol. The second-order valence-corrected chi connectivity index (χ2v) is 4.62. The zero-order valence-electron chi connectivity index (χ0n) is 11.2. The number of carbonyl (C=O) groups excluding carboxylic acids is 2. The molecular weight excluding hydrogens is 258 g/mol. The maximum Gasteiger partial charge on any atom is 0.241 e. The van der Waals surface area contributed by atoms with Gasteiger partial charge >= 0.3 is 0 Å². The first-order valence-corrected chi connectivity index (χ1v) is 6.66. The quantitative estimate of drug-likeness (QED) is 0.776. The molecule has 0 bridgehead atoms. The number of rotatable bonds is 5. The Bertz CT molecular complexity index is 464. The van der Waals surface area contributed by atoms with E-state index in [1.54, 1.807) is 0 Å². The van der Waals surface area contributed by atoms with Gasteiger partial charge in [-0.25, -0.2) is 0 Å². The van der Waals surface area contributed by atoms with E-state index in [2.05, 4.69) is 5.32 Å². The van der Waals surface area contributed by atoms with Crippen molar-refractivity contribution in [3.05, 3.63) is 30.3 Å². The number of ether oxygens (including phenoxy) is 1. The predicted octanol–water partition coefficient (Wildman–Crippen LogP) is -0.259. The first kappa shape index (κ1) is 14.3. The molecule has 108 valence electrons. The van der Waals surface area contributed by atoms with Crippen LogP contribution in [0.5, 0.6) is 5.75 Å². The van der Waals surface area contributed by atoms with Crippen LogP contribution in [0.1, 0.15) is 6.42 Å². The highest BCUT2D eigenvalue weighted by molar-refractivity contribution is 5.87. The summed E-state index contributed by atoms with van der Waals surface area (Å²) in [6.07, 6.45) is 0.235. The van der Waals surface area contributed by atoms with Crippen molar-refractivity contribution in [2.75, 3.05) is 26.2 Å². The third-order valence-electron chi connectivity index (χ3n) is 3.22. The van der Waals surface area contributed by atoms with Crippen LogP contribution < -0.4 is 15.8 Å². The summed E-state index contributed by atoms with van der Waals surface area (Å²) >= 11 is 0. The fraction of sp³-hybridized carbons (Fsp3) is 0.429. The van der Waals surface area contributed by atoms with E-state index in [1.807, 2.05) is 30.3 Å². The largest absolute Gasteiger partial charge is 0.493 e. The molecular formula is C14H19N3O3. The Morgan fingerprint density at radius 2 is 2.10 bits per heavy atom. The molecule has 1 saturated heterocycles. The van der Waals surface area contributed by atoms with Gasteiger partial charge in [-0.1, -0.05) is 18.2 Å². The molecule has 1 unspecified atom stereocenters. The van der Waals surface area contributed by atoms with Crippen LogP contribution in [0.25, 0.3) is 0 Å². The van der Waals surface area contributed by atoms with Gasteiger partial charge in [0, 0.05) is 19.6 Å². The zero-order valence-corrected chi connectivity index (χ0v) is 11.2. The maximum absolute atomic E-state index is 12.1. The second kappa shape index (κ2) is 6.91. The van der Waals surface area contributed by atoms with Crippen LogP contribution >= 0.6 is 0 Å². The van der Waals surface area contributed by atoms with Crippen LogP contribution in [-0.4, -0.2) is 49.0 Å². The summed E-state index contributed by atoms with van der Waals surface area (Å²) in [6, 6.07) is 8.75. The van der Waals surface area contributed by atoms with Crippen molar-refractivity contribution in [2.24, 2.45) is 5.73 Å². The van der Waals surface area contributed by atoms with Gasteiger partial charge in [0.2, 0.25) is 11.8 Å². The van der Waals surface area contributed by atoms with Crippen molar-refractivity contribution < 1.29 is 14.3 Å². The molecule has 3 N–H and O–H groups in total. The van der Waals surface area contributed by atoms with Crippen molar-refractivity contribution in [3.63, 3.8) is 0 Å². The molecule has 0 radical (unpaired) electrons. The van der Waals surface area contributed by atoms with Gasteiger partial charge in [0.25, 0.3) is 0 Å². The summed E-state index contributed by atoms with van der Waals surface area (Å²) in [7, 11) is 0. The first-order valence-electron chi connectivity index (χ1n) is 6.66. The van der Waals surface area contributed by atoms with Gasteiger partial charge in [-0.3, -0.25) is 9.59 Å². The minimum absolute atomic E-state index is 0.105. The summed E-state index contributed by atoms with van der Waals surface area (Å²) in [5.41, 5.74) is 5.31. The molecule has 20 heavy (non-hydrogen) atoms. The molecule has 6 nitrogen and oxygen atoms in total. The Morgan fingerprint density at radius 3 is 2.80 bits per heavy atom. The highest BCUT2D eigenvalue weighted by Crippen LogP contribution is 2.10. The molecule has 0 spiro atoms. The molecule has 6 heteroatoms. The predicted molar refractivity (Wildman–Crippen MR) is 74.1 cm³/mol. The molecule has 1 aliphatic rings. The number of hydrogen-bond acceptors (Lipinski definition) is 4. The third-order valence-corrected chi connectivity index (χ3v) is 3.22. The highest BCUT2D eigenvalue weighted by atomic mass is 16.5. The molecule has 0 aromatic heterocycles. The van der Waals surface area contributed by atoms with Gasteiger partial charge in [0.15, 0.2) is 0 Å². The summed E-state index contributed by atoms with van der Waals surface area (Å²) in [4.78, 5) is 25.0. The van der Waals surface area contributed by atoms with E-state index in [0.29, 0.717) is 19.6 Å². The fourth-order valence-corrected chi connectivity index (χ4v) is 2.17. The van der Waals surface area contributed by atoms with E-state index in [4.69, 9.17) is 10.5 Å². The van der Waals surface area contributed by atoms with E-state index < -0.39 is 11.9 Å². The highest BCUT2D eigenvalue weighted by Gasteiger charge is 2.30. The Balaban J connectivity index is 1.83. The second-order valence-electron chi connectivity index (χ2n) is 4.62. The van der Waals surface area contributed by atoms with Crippen molar-refractivity contribution in [1.29, 1.82) is 0 Å². The average molecular weight is 277 g/mol. The lowest BCUT2D eigenvalue weighted by molar-refractivity contribution is -0.140. The minimum atomic E-state index is -0.562.